The molecule has 0 aromatic heterocycles. The molecule has 0 aliphatic carbocycles. The third-order valence-corrected chi connectivity index (χ3v) is 7.78. The van der Waals surface area contributed by atoms with E-state index in [1.165, 1.54) is 4.90 Å². The van der Waals surface area contributed by atoms with Crippen molar-refractivity contribution < 1.29 is 14.4 Å². The third kappa shape index (κ3) is 2.19. The largest absolute Gasteiger partial charge is 0.324 e. The number of imide groups is 1. The zero-order chi connectivity index (χ0) is 21.7. The Kier molecular flexibility index (Phi) is 3.79. The number of amides is 3. The molecular weight excluding hydrogens is 414 g/mol. The van der Waals surface area contributed by atoms with Crippen molar-refractivity contribution in [1.29, 1.82) is 0 Å². The summed E-state index contributed by atoms with van der Waals surface area (Å²) in [7, 11) is 0. The van der Waals surface area contributed by atoms with E-state index in [4.69, 9.17) is 11.6 Å². The average molecular weight is 436 g/mol. The first-order chi connectivity index (χ1) is 14.9. The van der Waals surface area contributed by atoms with Gasteiger partial charge in [-0.3, -0.25) is 19.3 Å². The molecule has 158 valence electrons. The fraction of sp³-hybridized carbons (Fsp3) is 0.375. The van der Waals surface area contributed by atoms with Gasteiger partial charge in [-0.2, -0.15) is 0 Å². The average Bonchev–Trinajstić information content (AvgIpc) is 3.42. The van der Waals surface area contributed by atoms with Crippen LogP contribution in [0.15, 0.2) is 36.4 Å². The lowest BCUT2D eigenvalue weighted by Crippen LogP contribution is -2.54. The van der Waals surface area contributed by atoms with Crippen molar-refractivity contribution in [2.45, 2.75) is 38.3 Å². The molecule has 1 spiro atoms. The lowest BCUT2D eigenvalue weighted by atomic mass is 9.75. The van der Waals surface area contributed by atoms with E-state index >= 15 is 0 Å². The van der Waals surface area contributed by atoms with Gasteiger partial charge in [0, 0.05) is 22.3 Å². The van der Waals surface area contributed by atoms with Crippen molar-refractivity contribution >= 4 is 40.7 Å². The van der Waals surface area contributed by atoms with Crippen molar-refractivity contribution in [2.75, 3.05) is 16.8 Å². The number of rotatable bonds is 1. The van der Waals surface area contributed by atoms with E-state index in [1.807, 2.05) is 26.0 Å². The molecule has 4 aliphatic rings. The number of hydrogen-bond acceptors (Lipinski definition) is 4. The van der Waals surface area contributed by atoms with Crippen LogP contribution >= 0.6 is 11.6 Å². The van der Waals surface area contributed by atoms with Gasteiger partial charge < -0.3 is 5.32 Å². The van der Waals surface area contributed by atoms with Crippen LogP contribution in [0.25, 0.3) is 0 Å². The maximum Gasteiger partial charge on any atom is 0.250 e. The SMILES string of the molecule is Cc1cc(C)c2c(c1)C1(C(=O)N2)C2C(=O)N(c3ccc(Cl)cc3)C(=O)C2C2CCCN21. The number of halogens is 1. The van der Waals surface area contributed by atoms with Gasteiger partial charge in [-0.05, 0) is 63.1 Å². The molecule has 3 fully saturated rings. The van der Waals surface area contributed by atoms with Gasteiger partial charge >= 0.3 is 0 Å². The van der Waals surface area contributed by atoms with E-state index in [1.54, 1.807) is 24.3 Å². The summed E-state index contributed by atoms with van der Waals surface area (Å²) in [6, 6.07) is 10.7. The van der Waals surface area contributed by atoms with Crippen molar-refractivity contribution in [1.82, 2.24) is 4.90 Å². The van der Waals surface area contributed by atoms with Gasteiger partial charge in [-0.1, -0.05) is 29.3 Å². The fourth-order valence-electron chi connectivity index (χ4n) is 6.50. The highest BCUT2D eigenvalue weighted by molar-refractivity contribution is 6.31. The summed E-state index contributed by atoms with van der Waals surface area (Å²) in [5.74, 6) is -1.95. The molecular formula is C24H22ClN3O3. The maximum absolute atomic E-state index is 13.9. The van der Waals surface area contributed by atoms with Gasteiger partial charge in [0.15, 0.2) is 0 Å². The molecule has 1 N–H and O–H groups in total. The van der Waals surface area contributed by atoms with Crippen molar-refractivity contribution in [2.24, 2.45) is 11.8 Å². The Hall–Kier alpha value is -2.70. The molecule has 4 unspecified atom stereocenters. The lowest BCUT2D eigenvalue weighted by Gasteiger charge is -2.36. The second kappa shape index (κ2) is 6.17. The number of hydrogen-bond donors (Lipinski definition) is 1. The monoisotopic (exact) mass is 435 g/mol. The molecule has 4 heterocycles. The van der Waals surface area contributed by atoms with E-state index in [0.717, 1.165) is 35.2 Å². The Labute approximate surface area is 185 Å². The fourth-order valence-corrected chi connectivity index (χ4v) is 6.63. The summed E-state index contributed by atoms with van der Waals surface area (Å²) in [4.78, 5) is 44.6. The van der Waals surface area contributed by atoms with Gasteiger partial charge in [0.25, 0.3) is 0 Å². The van der Waals surface area contributed by atoms with Gasteiger partial charge in [0.1, 0.15) is 5.54 Å². The van der Waals surface area contributed by atoms with Crippen LogP contribution in [0.4, 0.5) is 11.4 Å². The Morgan fingerprint density at radius 2 is 1.81 bits per heavy atom. The predicted molar refractivity (Wildman–Crippen MR) is 117 cm³/mol. The summed E-state index contributed by atoms with van der Waals surface area (Å²) < 4.78 is 0. The summed E-state index contributed by atoms with van der Waals surface area (Å²) in [6.07, 6.45) is 1.72. The minimum Gasteiger partial charge on any atom is -0.324 e. The zero-order valence-corrected chi connectivity index (χ0v) is 18.1. The van der Waals surface area contributed by atoms with E-state index in [-0.39, 0.29) is 23.8 Å². The van der Waals surface area contributed by atoms with E-state index in [2.05, 4.69) is 10.2 Å². The predicted octanol–water partition coefficient (Wildman–Crippen LogP) is 3.39. The molecule has 3 amide bonds. The minimum atomic E-state index is -1.13. The highest BCUT2D eigenvalue weighted by atomic mass is 35.5. The minimum absolute atomic E-state index is 0.115. The second-order valence-corrected chi connectivity index (χ2v) is 9.56. The highest BCUT2D eigenvalue weighted by Crippen LogP contribution is 2.61. The van der Waals surface area contributed by atoms with Crippen molar-refractivity contribution in [3.8, 4) is 0 Å². The molecule has 3 saturated heterocycles. The molecule has 0 bridgehead atoms. The van der Waals surface area contributed by atoms with E-state index in [9.17, 15) is 14.4 Å². The second-order valence-electron chi connectivity index (χ2n) is 9.12. The number of nitrogens with zero attached hydrogens (tertiary/aromatic N) is 2. The molecule has 7 heteroatoms. The number of anilines is 2. The summed E-state index contributed by atoms with van der Waals surface area (Å²) in [6.45, 7) is 4.68. The summed E-state index contributed by atoms with van der Waals surface area (Å²) in [5, 5.41) is 3.61. The third-order valence-electron chi connectivity index (χ3n) is 7.53. The molecule has 6 nitrogen and oxygen atoms in total. The van der Waals surface area contributed by atoms with Crippen molar-refractivity contribution in [3.05, 3.63) is 58.1 Å². The Morgan fingerprint density at radius 1 is 1.06 bits per heavy atom. The Bertz CT molecular complexity index is 1180. The van der Waals surface area contributed by atoms with Crippen LogP contribution in [0.3, 0.4) is 0 Å². The lowest BCUT2D eigenvalue weighted by molar-refractivity contribution is -0.135. The molecule has 31 heavy (non-hydrogen) atoms. The van der Waals surface area contributed by atoms with Gasteiger partial charge in [-0.15, -0.1) is 0 Å². The molecule has 0 radical (unpaired) electrons. The summed E-state index contributed by atoms with van der Waals surface area (Å²) >= 11 is 6.02. The number of carbonyl (C=O) groups excluding carboxylic acids is 3. The summed E-state index contributed by atoms with van der Waals surface area (Å²) in [5.41, 5.74) is 3.02. The zero-order valence-electron chi connectivity index (χ0n) is 17.3. The Balaban J connectivity index is 1.57. The normalized spacial score (nSPS) is 31.4. The molecule has 4 atom stereocenters. The van der Waals surface area contributed by atoms with Crippen LogP contribution in [0.2, 0.25) is 5.02 Å². The van der Waals surface area contributed by atoms with Gasteiger partial charge in [0.05, 0.1) is 17.5 Å². The van der Waals surface area contributed by atoms with Crippen LogP contribution in [0, 0.1) is 25.7 Å². The maximum atomic E-state index is 13.9. The number of benzene rings is 2. The Morgan fingerprint density at radius 3 is 2.55 bits per heavy atom. The molecule has 6 rings (SSSR count). The van der Waals surface area contributed by atoms with Crippen molar-refractivity contribution in [3.63, 3.8) is 0 Å². The smallest absolute Gasteiger partial charge is 0.250 e. The first-order valence-corrected chi connectivity index (χ1v) is 11.1. The van der Waals surface area contributed by atoms with Crippen LogP contribution in [-0.2, 0) is 19.9 Å². The van der Waals surface area contributed by atoms with E-state index in [0.29, 0.717) is 17.3 Å². The van der Waals surface area contributed by atoms with E-state index < -0.39 is 17.4 Å². The first-order valence-electron chi connectivity index (χ1n) is 10.7. The molecule has 2 aromatic carbocycles. The molecule has 0 saturated carbocycles. The number of fused-ring (bicyclic) bond motifs is 7. The number of nitrogens with one attached hydrogen (secondary N) is 1. The topological polar surface area (TPSA) is 69.7 Å². The molecule has 2 aromatic rings. The molecule has 4 aliphatic heterocycles. The van der Waals surface area contributed by atoms with Gasteiger partial charge in [0.2, 0.25) is 17.7 Å². The van der Waals surface area contributed by atoms with Crippen LogP contribution in [0.1, 0.15) is 29.5 Å². The number of aryl methyl sites for hydroxylation is 2. The quantitative estimate of drug-likeness (QED) is 0.697. The number of carbonyl (C=O) groups is 3. The van der Waals surface area contributed by atoms with Crippen LogP contribution in [0.5, 0.6) is 0 Å². The first kappa shape index (κ1) is 19.0. The van der Waals surface area contributed by atoms with Gasteiger partial charge in [-0.25, -0.2) is 4.90 Å². The van der Waals surface area contributed by atoms with Crippen LogP contribution in [-0.4, -0.2) is 35.2 Å². The van der Waals surface area contributed by atoms with Crippen LogP contribution < -0.4 is 10.2 Å². The standard InChI is InChI=1S/C24H22ClN3O3/c1-12-10-13(2)20-16(11-12)24(23(31)26-20)19-18(17-4-3-9-27(17)24)21(29)28(22(19)30)15-7-5-14(25)6-8-15/h5-8,10-11,17-19H,3-4,9H2,1-2H3,(H,26,31). The highest BCUT2D eigenvalue weighted by Gasteiger charge is 2.74.